The van der Waals surface area contributed by atoms with Crippen LogP contribution in [-0.2, 0) is 0 Å². The third-order valence-corrected chi connectivity index (χ3v) is 3.74. The van der Waals surface area contributed by atoms with E-state index in [4.69, 9.17) is 0 Å². The van der Waals surface area contributed by atoms with Gasteiger partial charge in [0.05, 0.1) is 0 Å². The number of thioether (sulfide) groups is 1. The second kappa shape index (κ2) is 5.79. The Balaban J connectivity index is 2.35. The Hall–Kier alpha value is 0.01000. The summed E-state index contributed by atoms with van der Waals surface area (Å²) in [5.74, 6) is 1.22. The summed E-state index contributed by atoms with van der Waals surface area (Å²) in [7, 11) is 2.22. The molecule has 3 heteroatoms. The third-order valence-electron chi connectivity index (χ3n) is 2.93. The molecule has 0 bridgehead atoms. The van der Waals surface area contributed by atoms with Gasteiger partial charge >= 0.3 is 0 Å². The molecular weight excluding hydrogens is 192 g/mol. The van der Waals surface area contributed by atoms with E-state index >= 15 is 0 Å². The summed E-state index contributed by atoms with van der Waals surface area (Å²) in [5, 5.41) is 3.29. The molecule has 1 N–H and O–H groups in total. The Kier molecular flexibility index (Phi) is 4.99. The average molecular weight is 214 g/mol. The zero-order chi connectivity index (χ0) is 10.6. The lowest BCUT2D eigenvalue weighted by atomic mass is 10.0. The quantitative estimate of drug-likeness (QED) is 0.700. The molecule has 0 radical (unpaired) electrons. The Morgan fingerprint density at radius 1 is 1.57 bits per heavy atom. The fraction of sp³-hybridized carbons (Fsp3) is 0.818. The van der Waals surface area contributed by atoms with Crippen molar-refractivity contribution in [1.29, 1.82) is 0 Å². The molecule has 0 aromatic carbocycles. The fourth-order valence-corrected chi connectivity index (χ4v) is 2.30. The van der Waals surface area contributed by atoms with E-state index in [-0.39, 0.29) is 0 Å². The van der Waals surface area contributed by atoms with Crippen LogP contribution in [0.15, 0.2) is 11.1 Å². The van der Waals surface area contributed by atoms with Gasteiger partial charge in [0, 0.05) is 31.4 Å². The first-order valence-electron chi connectivity index (χ1n) is 5.22. The highest BCUT2D eigenvalue weighted by molar-refractivity contribution is 7.98. The molecule has 1 fully saturated rings. The molecular formula is C11H22N2S. The number of hydrogen-bond acceptors (Lipinski definition) is 3. The second-order valence-corrected chi connectivity index (χ2v) is 5.12. The van der Waals surface area contributed by atoms with Crippen LogP contribution in [0.25, 0.3) is 0 Å². The fourth-order valence-electron chi connectivity index (χ4n) is 1.56. The summed E-state index contributed by atoms with van der Waals surface area (Å²) in [6.45, 7) is 7.90. The van der Waals surface area contributed by atoms with Crippen LogP contribution in [0.4, 0.5) is 0 Å². The van der Waals surface area contributed by atoms with Crippen LogP contribution in [0.5, 0.6) is 0 Å². The Morgan fingerprint density at radius 3 is 2.64 bits per heavy atom. The minimum atomic E-state index is 0.675. The normalized spacial score (nSPS) is 18.2. The van der Waals surface area contributed by atoms with Crippen molar-refractivity contribution < 1.29 is 0 Å². The van der Waals surface area contributed by atoms with Crippen LogP contribution in [-0.4, -0.2) is 49.6 Å². The van der Waals surface area contributed by atoms with E-state index in [1.165, 1.54) is 5.75 Å². The summed E-state index contributed by atoms with van der Waals surface area (Å²) < 4.78 is 0. The van der Waals surface area contributed by atoms with Gasteiger partial charge in [-0.1, -0.05) is 5.57 Å². The Bertz CT molecular complexity index is 207. The van der Waals surface area contributed by atoms with E-state index in [2.05, 4.69) is 37.4 Å². The maximum atomic E-state index is 3.29. The molecule has 0 amide bonds. The van der Waals surface area contributed by atoms with Crippen LogP contribution in [0.3, 0.4) is 0 Å². The van der Waals surface area contributed by atoms with Crippen LogP contribution < -0.4 is 5.32 Å². The van der Waals surface area contributed by atoms with Crippen molar-refractivity contribution in [2.45, 2.75) is 19.9 Å². The van der Waals surface area contributed by atoms with E-state index in [0.29, 0.717) is 6.04 Å². The van der Waals surface area contributed by atoms with Gasteiger partial charge in [-0.2, -0.15) is 11.8 Å². The molecule has 0 aliphatic carbocycles. The highest BCUT2D eigenvalue weighted by Crippen LogP contribution is 2.12. The van der Waals surface area contributed by atoms with Gasteiger partial charge in [0.2, 0.25) is 0 Å². The first-order valence-corrected chi connectivity index (χ1v) is 6.62. The first-order chi connectivity index (χ1) is 6.65. The number of rotatable bonds is 5. The largest absolute Gasteiger partial charge is 0.309 e. The molecule has 2 nitrogen and oxygen atoms in total. The predicted molar refractivity (Wildman–Crippen MR) is 66.0 cm³/mol. The van der Waals surface area contributed by atoms with Gasteiger partial charge in [0.25, 0.3) is 0 Å². The van der Waals surface area contributed by atoms with E-state index in [1.54, 1.807) is 11.1 Å². The molecule has 14 heavy (non-hydrogen) atoms. The minimum absolute atomic E-state index is 0.675. The monoisotopic (exact) mass is 214 g/mol. The van der Waals surface area contributed by atoms with E-state index < -0.39 is 0 Å². The molecule has 1 rings (SSSR count). The Labute approximate surface area is 92.1 Å². The van der Waals surface area contributed by atoms with Crippen LogP contribution in [0, 0.1) is 0 Å². The van der Waals surface area contributed by atoms with E-state index in [9.17, 15) is 0 Å². The molecule has 1 unspecified atom stereocenters. The zero-order valence-electron chi connectivity index (χ0n) is 9.76. The molecule has 0 spiro atoms. The minimum Gasteiger partial charge on any atom is -0.309 e. The number of likely N-dealkylation sites (N-methyl/N-ethyl adjacent to an activating group) is 1. The van der Waals surface area contributed by atoms with Crippen LogP contribution in [0.1, 0.15) is 13.8 Å². The number of nitrogens with zero attached hydrogens (tertiary/aromatic N) is 1. The van der Waals surface area contributed by atoms with Gasteiger partial charge in [-0.3, -0.25) is 4.90 Å². The molecule has 1 aliphatic rings. The maximum Gasteiger partial charge on any atom is 0.0193 e. The molecule has 1 heterocycles. The van der Waals surface area contributed by atoms with E-state index in [0.717, 1.165) is 19.6 Å². The first kappa shape index (κ1) is 12.1. The van der Waals surface area contributed by atoms with Gasteiger partial charge in [0.1, 0.15) is 0 Å². The maximum absolute atomic E-state index is 3.29. The summed E-state index contributed by atoms with van der Waals surface area (Å²) >= 11 is 1.92. The van der Waals surface area contributed by atoms with Crippen molar-refractivity contribution in [1.82, 2.24) is 10.2 Å². The number of hydrogen-bond donors (Lipinski definition) is 1. The third kappa shape index (κ3) is 3.30. The Morgan fingerprint density at radius 2 is 2.21 bits per heavy atom. The summed E-state index contributed by atoms with van der Waals surface area (Å²) in [5.41, 5.74) is 3.16. The summed E-state index contributed by atoms with van der Waals surface area (Å²) in [6, 6.07) is 0.675. The van der Waals surface area contributed by atoms with Crippen molar-refractivity contribution in [2.24, 2.45) is 0 Å². The molecule has 0 saturated carbocycles. The van der Waals surface area contributed by atoms with Gasteiger partial charge in [-0.05, 0) is 32.7 Å². The predicted octanol–water partition coefficient (Wildman–Crippen LogP) is 1.59. The highest BCUT2D eigenvalue weighted by Gasteiger charge is 2.14. The molecule has 1 aliphatic heterocycles. The average Bonchev–Trinajstić information content (AvgIpc) is 2.00. The van der Waals surface area contributed by atoms with Crippen molar-refractivity contribution in [2.75, 3.05) is 38.7 Å². The van der Waals surface area contributed by atoms with Crippen LogP contribution in [0.2, 0.25) is 0 Å². The van der Waals surface area contributed by atoms with Gasteiger partial charge < -0.3 is 5.32 Å². The van der Waals surface area contributed by atoms with Crippen molar-refractivity contribution in [3.63, 3.8) is 0 Å². The van der Waals surface area contributed by atoms with Gasteiger partial charge in [0.15, 0.2) is 0 Å². The van der Waals surface area contributed by atoms with Crippen molar-refractivity contribution in [3.05, 3.63) is 11.1 Å². The van der Waals surface area contributed by atoms with Gasteiger partial charge in [-0.25, -0.2) is 0 Å². The van der Waals surface area contributed by atoms with Crippen molar-refractivity contribution in [3.8, 4) is 0 Å². The molecule has 82 valence electrons. The molecule has 0 aromatic heterocycles. The zero-order valence-corrected chi connectivity index (χ0v) is 10.6. The lowest BCUT2D eigenvalue weighted by Crippen LogP contribution is -2.38. The smallest absolute Gasteiger partial charge is 0.0193 e. The van der Waals surface area contributed by atoms with Crippen LogP contribution >= 0.6 is 11.8 Å². The highest BCUT2D eigenvalue weighted by atomic mass is 32.2. The van der Waals surface area contributed by atoms with Gasteiger partial charge in [-0.15, -0.1) is 0 Å². The lowest BCUT2D eigenvalue weighted by Gasteiger charge is -2.28. The summed E-state index contributed by atoms with van der Waals surface area (Å²) in [6.07, 6.45) is 2.17. The topological polar surface area (TPSA) is 15.3 Å². The molecule has 1 saturated heterocycles. The molecule has 1 atom stereocenters. The second-order valence-electron chi connectivity index (χ2n) is 4.21. The summed E-state index contributed by atoms with van der Waals surface area (Å²) in [4.78, 5) is 2.44. The standard InChI is InChI=1S/C11H22N2S/c1-9(11-5-12-6-11)7-13(3)10(2)8-14-4/h10,12H,5-8H2,1-4H3. The molecule has 0 aromatic rings. The van der Waals surface area contributed by atoms with E-state index in [1.807, 2.05) is 11.8 Å². The lowest BCUT2D eigenvalue weighted by molar-refractivity contribution is 0.299. The van der Waals surface area contributed by atoms with Crippen molar-refractivity contribution >= 4 is 11.8 Å². The number of nitrogens with one attached hydrogen (secondary N) is 1. The SMILES string of the molecule is CSCC(C)N(C)CC(C)=C1CNC1.